The van der Waals surface area contributed by atoms with Crippen LogP contribution in [0, 0.1) is 0 Å². The van der Waals surface area contributed by atoms with E-state index in [-0.39, 0.29) is 12.1 Å². The highest BCUT2D eigenvalue weighted by Gasteiger charge is 2.24. The standard InChI is InChI=1S/C21H25NO3/c1-2-24-19-13-7-6-12-18(19)21(23)25-20(16-22-14-8-9-15-22)17-10-4-3-5-11-17/h3-7,10-13,20H,2,8-9,14-16H2,1H3. The van der Waals surface area contributed by atoms with Crippen molar-refractivity contribution in [3.8, 4) is 5.75 Å². The summed E-state index contributed by atoms with van der Waals surface area (Å²) in [5.74, 6) is 0.236. The first kappa shape index (κ1) is 17.5. The number of carbonyl (C=O) groups is 1. The van der Waals surface area contributed by atoms with Gasteiger partial charge < -0.3 is 9.47 Å². The lowest BCUT2D eigenvalue weighted by atomic mass is 10.1. The third-order valence-corrected chi connectivity index (χ3v) is 4.45. The Hall–Kier alpha value is -2.33. The zero-order valence-corrected chi connectivity index (χ0v) is 14.7. The number of hydrogen-bond acceptors (Lipinski definition) is 4. The first-order valence-corrected chi connectivity index (χ1v) is 8.98. The van der Waals surface area contributed by atoms with Gasteiger partial charge in [-0.15, -0.1) is 0 Å². The fraction of sp³-hybridized carbons (Fsp3) is 0.381. The third kappa shape index (κ3) is 4.60. The molecule has 0 aromatic heterocycles. The van der Waals surface area contributed by atoms with Crippen LogP contribution >= 0.6 is 0 Å². The molecule has 0 spiro atoms. The minimum absolute atomic E-state index is 0.276. The van der Waals surface area contributed by atoms with Gasteiger partial charge in [0.2, 0.25) is 0 Å². The van der Waals surface area contributed by atoms with Gasteiger partial charge in [0, 0.05) is 6.54 Å². The van der Waals surface area contributed by atoms with Crippen LogP contribution in [0.2, 0.25) is 0 Å². The Morgan fingerprint density at radius 1 is 1.04 bits per heavy atom. The van der Waals surface area contributed by atoms with E-state index in [1.165, 1.54) is 12.8 Å². The van der Waals surface area contributed by atoms with Crippen molar-refractivity contribution in [3.05, 3.63) is 65.7 Å². The van der Waals surface area contributed by atoms with Crippen LogP contribution in [0.25, 0.3) is 0 Å². The van der Waals surface area contributed by atoms with Gasteiger partial charge in [-0.25, -0.2) is 4.79 Å². The summed E-state index contributed by atoms with van der Waals surface area (Å²) in [6.07, 6.45) is 2.15. The summed E-state index contributed by atoms with van der Waals surface area (Å²) < 4.78 is 11.5. The maximum Gasteiger partial charge on any atom is 0.342 e. The zero-order valence-electron chi connectivity index (χ0n) is 14.7. The number of nitrogens with zero attached hydrogens (tertiary/aromatic N) is 1. The Kier molecular flexibility index (Phi) is 6.07. The maximum absolute atomic E-state index is 12.8. The third-order valence-electron chi connectivity index (χ3n) is 4.45. The Labute approximate surface area is 149 Å². The van der Waals surface area contributed by atoms with E-state index in [1.807, 2.05) is 49.4 Å². The fourth-order valence-corrected chi connectivity index (χ4v) is 3.19. The molecule has 1 fully saturated rings. The minimum atomic E-state index is -0.336. The van der Waals surface area contributed by atoms with Crippen LogP contribution in [0.5, 0.6) is 5.75 Å². The van der Waals surface area contributed by atoms with Crippen LogP contribution in [0.1, 0.15) is 41.8 Å². The molecule has 2 aromatic rings. The monoisotopic (exact) mass is 339 g/mol. The van der Waals surface area contributed by atoms with Crippen molar-refractivity contribution >= 4 is 5.97 Å². The number of hydrogen-bond donors (Lipinski definition) is 0. The highest BCUT2D eigenvalue weighted by atomic mass is 16.5. The summed E-state index contributed by atoms with van der Waals surface area (Å²) in [5.41, 5.74) is 1.50. The molecule has 3 rings (SSSR count). The summed E-state index contributed by atoms with van der Waals surface area (Å²) in [4.78, 5) is 15.1. The zero-order chi connectivity index (χ0) is 17.5. The van der Waals surface area contributed by atoms with Crippen LogP contribution in [0.4, 0.5) is 0 Å². The van der Waals surface area contributed by atoms with Gasteiger partial charge in [-0.05, 0) is 50.6 Å². The molecular weight excluding hydrogens is 314 g/mol. The molecule has 0 bridgehead atoms. The van der Waals surface area contributed by atoms with Crippen LogP contribution < -0.4 is 4.74 Å². The number of para-hydroxylation sites is 1. The van der Waals surface area contributed by atoms with Gasteiger partial charge in [-0.3, -0.25) is 4.90 Å². The SMILES string of the molecule is CCOc1ccccc1C(=O)OC(CN1CCCC1)c1ccccc1. The molecule has 0 amide bonds. The van der Waals surface area contributed by atoms with Crippen molar-refractivity contribution in [1.29, 1.82) is 0 Å². The molecule has 0 radical (unpaired) electrons. The molecule has 1 aliphatic heterocycles. The van der Waals surface area contributed by atoms with Gasteiger partial charge in [0.1, 0.15) is 17.4 Å². The molecule has 1 heterocycles. The summed E-state index contributed by atoms with van der Waals surface area (Å²) >= 11 is 0. The number of carbonyl (C=O) groups excluding carboxylic acids is 1. The molecule has 1 atom stereocenters. The Morgan fingerprint density at radius 2 is 1.72 bits per heavy atom. The largest absolute Gasteiger partial charge is 0.493 e. The topological polar surface area (TPSA) is 38.8 Å². The van der Waals surface area contributed by atoms with Gasteiger partial charge in [0.15, 0.2) is 0 Å². The molecule has 4 heteroatoms. The molecule has 0 N–H and O–H groups in total. The summed E-state index contributed by atoms with van der Waals surface area (Å²) in [6.45, 7) is 5.28. The minimum Gasteiger partial charge on any atom is -0.493 e. The highest BCUT2D eigenvalue weighted by Crippen LogP contribution is 2.25. The molecule has 1 aliphatic rings. The second-order valence-electron chi connectivity index (χ2n) is 6.24. The predicted molar refractivity (Wildman–Crippen MR) is 97.9 cm³/mol. The molecule has 0 aliphatic carbocycles. The van der Waals surface area contributed by atoms with Gasteiger partial charge in [0.05, 0.1) is 6.61 Å². The van der Waals surface area contributed by atoms with Crippen molar-refractivity contribution in [3.63, 3.8) is 0 Å². The quantitative estimate of drug-likeness (QED) is 0.713. The molecule has 2 aromatic carbocycles. The average molecular weight is 339 g/mol. The smallest absolute Gasteiger partial charge is 0.342 e. The van der Waals surface area contributed by atoms with Gasteiger partial charge in [0.25, 0.3) is 0 Å². The normalized spacial score (nSPS) is 15.7. The maximum atomic E-state index is 12.8. The number of benzene rings is 2. The van der Waals surface area contributed by atoms with Gasteiger partial charge in [-0.2, -0.15) is 0 Å². The van der Waals surface area contributed by atoms with E-state index in [1.54, 1.807) is 12.1 Å². The van der Waals surface area contributed by atoms with E-state index in [9.17, 15) is 4.79 Å². The molecule has 0 saturated carbocycles. The van der Waals surface area contributed by atoms with Gasteiger partial charge in [-0.1, -0.05) is 42.5 Å². The first-order valence-electron chi connectivity index (χ1n) is 8.98. The van der Waals surface area contributed by atoms with Crippen LogP contribution in [0.15, 0.2) is 54.6 Å². The van der Waals surface area contributed by atoms with E-state index in [0.717, 1.165) is 25.2 Å². The van der Waals surface area contributed by atoms with E-state index >= 15 is 0 Å². The summed E-state index contributed by atoms with van der Waals surface area (Å²) in [5, 5.41) is 0. The number of esters is 1. The summed E-state index contributed by atoms with van der Waals surface area (Å²) in [7, 11) is 0. The lowest BCUT2D eigenvalue weighted by Crippen LogP contribution is -2.28. The molecular formula is C21H25NO3. The second-order valence-corrected chi connectivity index (χ2v) is 6.24. The number of ether oxygens (including phenoxy) is 2. The predicted octanol–water partition coefficient (Wildman–Crippen LogP) is 4.08. The average Bonchev–Trinajstić information content (AvgIpc) is 3.16. The summed E-state index contributed by atoms with van der Waals surface area (Å²) in [6, 6.07) is 17.2. The Balaban J connectivity index is 1.78. The second kappa shape index (κ2) is 8.67. The van der Waals surface area contributed by atoms with Gasteiger partial charge >= 0.3 is 5.97 Å². The van der Waals surface area contributed by atoms with Crippen molar-refractivity contribution in [2.75, 3.05) is 26.2 Å². The van der Waals surface area contributed by atoms with E-state index < -0.39 is 0 Å². The van der Waals surface area contributed by atoms with Crippen molar-refractivity contribution in [2.24, 2.45) is 0 Å². The number of rotatable bonds is 7. The highest BCUT2D eigenvalue weighted by molar-refractivity contribution is 5.92. The number of likely N-dealkylation sites (tertiary alicyclic amines) is 1. The Bertz CT molecular complexity index is 681. The van der Waals surface area contributed by atoms with E-state index in [2.05, 4.69) is 4.90 Å². The van der Waals surface area contributed by atoms with E-state index in [4.69, 9.17) is 9.47 Å². The molecule has 25 heavy (non-hydrogen) atoms. The van der Waals surface area contributed by atoms with Crippen molar-refractivity contribution in [1.82, 2.24) is 4.90 Å². The fourth-order valence-electron chi connectivity index (χ4n) is 3.19. The molecule has 4 nitrogen and oxygen atoms in total. The van der Waals surface area contributed by atoms with Crippen LogP contribution in [-0.2, 0) is 4.74 Å². The lowest BCUT2D eigenvalue weighted by Gasteiger charge is -2.24. The lowest BCUT2D eigenvalue weighted by molar-refractivity contribution is 0.0212. The van der Waals surface area contributed by atoms with Crippen molar-refractivity contribution < 1.29 is 14.3 Å². The Morgan fingerprint density at radius 3 is 2.44 bits per heavy atom. The molecule has 1 saturated heterocycles. The molecule has 132 valence electrons. The van der Waals surface area contributed by atoms with Crippen LogP contribution in [-0.4, -0.2) is 37.1 Å². The molecule has 1 unspecified atom stereocenters. The first-order chi connectivity index (χ1) is 12.3. The van der Waals surface area contributed by atoms with E-state index in [0.29, 0.717) is 17.9 Å². The van der Waals surface area contributed by atoms with Crippen molar-refractivity contribution in [2.45, 2.75) is 25.9 Å². The van der Waals surface area contributed by atoms with Crippen LogP contribution in [0.3, 0.4) is 0 Å².